The van der Waals surface area contributed by atoms with Gasteiger partial charge in [0.15, 0.2) is 17.4 Å². The largest absolute Gasteiger partial charge is 0.487 e. The van der Waals surface area contributed by atoms with E-state index in [-0.39, 0.29) is 23.7 Å². The first-order valence-electron chi connectivity index (χ1n) is 10.2. The molecule has 6 nitrogen and oxygen atoms in total. The molecule has 2 aromatic carbocycles. The lowest BCUT2D eigenvalue weighted by molar-refractivity contribution is 0.0765. The summed E-state index contributed by atoms with van der Waals surface area (Å²) in [6.45, 7) is 3.66. The number of benzene rings is 2. The van der Waals surface area contributed by atoms with Gasteiger partial charge in [-0.2, -0.15) is 4.39 Å². The lowest BCUT2D eigenvalue weighted by Gasteiger charge is -2.36. The zero-order valence-corrected chi connectivity index (χ0v) is 19.0. The molecule has 32 heavy (non-hydrogen) atoms. The third-order valence-corrected chi connectivity index (χ3v) is 7.53. The third-order valence-electron chi connectivity index (χ3n) is 5.57. The predicted molar refractivity (Wildman–Crippen MR) is 119 cm³/mol. The number of likely N-dealkylation sites (tertiary alicyclic amines) is 1. The molecule has 0 unspecified atom stereocenters. The molecule has 0 radical (unpaired) electrons. The van der Waals surface area contributed by atoms with Crippen molar-refractivity contribution < 1.29 is 21.9 Å². The van der Waals surface area contributed by atoms with E-state index in [1.165, 1.54) is 27.8 Å². The fourth-order valence-electron chi connectivity index (χ4n) is 3.77. The minimum atomic E-state index is -4.31. The molecule has 10 heteroatoms. The maximum Gasteiger partial charge on any atom is 0.266 e. The predicted octanol–water partition coefficient (Wildman–Crippen LogP) is 4.83. The Hall–Kier alpha value is -2.56. The second-order valence-corrected chi connectivity index (χ2v) is 9.98. The average Bonchev–Trinajstić information content (AvgIpc) is 3.30. The Morgan fingerprint density at radius 1 is 1.12 bits per heavy atom. The number of anilines is 1. The molecule has 0 bridgehead atoms. The number of thiazole rings is 1. The van der Waals surface area contributed by atoms with Crippen LogP contribution in [0.3, 0.4) is 0 Å². The summed E-state index contributed by atoms with van der Waals surface area (Å²) in [5.74, 6) is -3.03. The lowest BCUT2D eigenvalue weighted by atomic mass is 10.0. The molecule has 1 aliphatic rings. The van der Waals surface area contributed by atoms with Crippen molar-refractivity contribution in [2.75, 3.05) is 17.8 Å². The molecule has 170 valence electrons. The summed E-state index contributed by atoms with van der Waals surface area (Å²) in [5.41, 5.74) is 2.65. The highest BCUT2D eigenvalue weighted by Gasteiger charge is 2.28. The first-order chi connectivity index (χ1) is 15.3. The monoisotopic (exact) mass is 479 g/mol. The van der Waals surface area contributed by atoms with E-state index in [0.717, 1.165) is 25.2 Å². The summed E-state index contributed by atoms with van der Waals surface area (Å²) in [4.78, 5) is 5.33. The van der Waals surface area contributed by atoms with Gasteiger partial charge in [0.05, 0.1) is 5.51 Å². The standard InChI is InChI=1S/C22H23F2N3O3S2/c1-15(16-5-3-2-4-6-16)27-11-9-17(10-12-27)30-18-7-8-19(22(24)21(18)23)32(28,29)26-20-13-31-14-25-20/h2-8,13-15,17,26H,9-12H2,1H3/t15-/m1/s1. The van der Waals surface area contributed by atoms with Crippen LogP contribution in [0.25, 0.3) is 0 Å². The smallest absolute Gasteiger partial charge is 0.266 e. The van der Waals surface area contributed by atoms with Gasteiger partial charge in [-0.1, -0.05) is 30.3 Å². The zero-order valence-electron chi connectivity index (χ0n) is 17.4. The fraction of sp³-hybridized carbons (Fsp3) is 0.318. The van der Waals surface area contributed by atoms with Crippen LogP contribution in [0.4, 0.5) is 14.6 Å². The van der Waals surface area contributed by atoms with Gasteiger partial charge < -0.3 is 4.74 Å². The number of piperidine rings is 1. The van der Waals surface area contributed by atoms with E-state index in [1.54, 1.807) is 0 Å². The molecule has 0 amide bonds. The quantitative estimate of drug-likeness (QED) is 0.526. The van der Waals surface area contributed by atoms with Gasteiger partial charge in [-0.25, -0.2) is 17.8 Å². The molecule has 1 atom stereocenters. The second-order valence-electron chi connectivity index (χ2n) is 7.61. The molecule has 1 aromatic heterocycles. The summed E-state index contributed by atoms with van der Waals surface area (Å²) in [6, 6.07) is 12.6. The lowest BCUT2D eigenvalue weighted by Crippen LogP contribution is -2.39. The summed E-state index contributed by atoms with van der Waals surface area (Å²) in [7, 11) is -4.31. The molecule has 1 fully saturated rings. The Morgan fingerprint density at radius 2 is 1.84 bits per heavy atom. The number of hydrogen-bond donors (Lipinski definition) is 1. The minimum Gasteiger partial charge on any atom is -0.487 e. The van der Waals surface area contributed by atoms with Crippen LogP contribution in [0.1, 0.15) is 31.4 Å². The average molecular weight is 480 g/mol. The van der Waals surface area contributed by atoms with Crippen LogP contribution in [0.15, 0.2) is 58.3 Å². The van der Waals surface area contributed by atoms with Gasteiger partial charge in [-0.3, -0.25) is 9.62 Å². The van der Waals surface area contributed by atoms with Gasteiger partial charge in [-0.15, -0.1) is 11.3 Å². The van der Waals surface area contributed by atoms with Crippen molar-refractivity contribution in [2.45, 2.75) is 36.8 Å². The van der Waals surface area contributed by atoms with E-state index in [4.69, 9.17) is 4.74 Å². The van der Waals surface area contributed by atoms with E-state index in [1.807, 2.05) is 18.2 Å². The summed E-state index contributed by atoms with van der Waals surface area (Å²) in [5, 5.41) is 1.45. The molecule has 0 spiro atoms. The molecule has 4 rings (SSSR count). The first kappa shape index (κ1) is 22.6. The van der Waals surface area contributed by atoms with Crippen LogP contribution in [-0.2, 0) is 10.0 Å². The number of aromatic nitrogens is 1. The minimum absolute atomic E-state index is 0.0478. The van der Waals surface area contributed by atoms with Crippen LogP contribution < -0.4 is 9.46 Å². The molecule has 3 aromatic rings. The maximum atomic E-state index is 14.6. The number of halogens is 2. The highest BCUT2D eigenvalue weighted by molar-refractivity contribution is 7.92. The van der Waals surface area contributed by atoms with Crippen molar-refractivity contribution in [1.29, 1.82) is 0 Å². The van der Waals surface area contributed by atoms with Gasteiger partial charge in [0.25, 0.3) is 10.0 Å². The van der Waals surface area contributed by atoms with Crippen molar-refractivity contribution in [1.82, 2.24) is 9.88 Å². The number of rotatable bonds is 7. The highest BCUT2D eigenvalue weighted by atomic mass is 32.2. The first-order valence-corrected chi connectivity index (χ1v) is 12.6. The van der Waals surface area contributed by atoms with E-state index in [9.17, 15) is 17.2 Å². The van der Waals surface area contributed by atoms with Crippen molar-refractivity contribution in [2.24, 2.45) is 0 Å². The molecule has 1 saturated heterocycles. The van der Waals surface area contributed by atoms with Crippen molar-refractivity contribution in [3.05, 3.63) is 70.6 Å². The Balaban J connectivity index is 1.41. The van der Waals surface area contributed by atoms with E-state index in [0.29, 0.717) is 12.8 Å². The van der Waals surface area contributed by atoms with Crippen molar-refractivity contribution >= 4 is 27.2 Å². The number of hydrogen-bond acceptors (Lipinski definition) is 6. The van der Waals surface area contributed by atoms with Crippen LogP contribution in [0.2, 0.25) is 0 Å². The number of nitrogens with one attached hydrogen (secondary N) is 1. The van der Waals surface area contributed by atoms with Crippen LogP contribution in [0, 0.1) is 11.6 Å². The Labute approximate surface area is 189 Å². The molecular formula is C22H23F2N3O3S2. The fourth-order valence-corrected chi connectivity index (χ4v) is 5.40. The van der Waals surface area contributed by atoms with E-state index in [2.05, 4.69) is 33.7 Å². The van der Waals surface area contributed by atoms with Crippen molar-refractivity contribution in [3.8, 4) is 5.75 Å². The van der Waals surface area contributed by atoms with Crippen LogP contribution in [-0.4, -0.2) is 37.5 Å². The van der Waals surface area contributed by atoms with Gasteiger partial charge in [0.1, 0.15) is 11.0 Å². The Kier molecular flexibility index (Phi) is 6.73. The molecule has 0 saturated carbocycles. The third kappa shape index (κ3) is 4.92. The van der Waals surface area contributed by atoms with Crippen molar-refractivity contribution in [3.63, 3.8) is 0 Å². The zero-order chi connectivity index (χ0) is 22.7. The summed E-state index contributed by atoms with van der Waals surface area (Å²) >= 11 is 1.18. The highest BCUT2D eigenvalue weighted by Crippen LogP contribution is 2.30. The van der Waals surface area contributed by atoms with Gasteiger partial charge >= 0.3 is 0 Å². The summed E-state index contributed by atoms with van der Waals surface area (Å²) in [6.07, 6.45) is 1.03. The Bertz CT molecular complexity index is 1150. The van der Waals surface area contributed by atoms with Crippen LogP contribution >= 0.6 is 11.3 Å². The maximum absolute atomic E-state index is 14.6. The van der Waals surface area contributed by atoms with Crippen LogP contribution in [0.5, 0.6) is 5.75 Å². The number of sulfonamides is 1. The molecule has 1 aliphatic heterocycles. The molecule has 2 heterocycles. The van der Waals surface area contributed by atoms with Gasteiger partial charge in [-0.05, 0) is 37.5 Å². The number of ether oxygens (including phenoxy) is 1. The molecular weight excluding hydrogens is 456 g/mol. The van der Waals surface area contributed by atoms with E-state index >= 15 is 0 Å². The summed E-state index contributed by atoms with van der Waals surface area (Å²) < 4.78 is 61.9. The van der Waals surface area contributed by atoms with Gasteiger partial charge in [0.2, 0.25) is 5.82 Å². The Morgan fingerprint density at radius 3 is 2.50 bits per heavy atom. The van der Waals surface area contributed by atoms with Gasteiger partial charge in [0, 0.05) is 24.5 Å². The topological polar surface area (TPSA) is 71.5 Å². The molecule has 0 aliphatic carbocycles. The second kappa shape index (κ2) is 9.51. The normalized spacial score (nSPS) is 16.6. The molecule has 1 N–H and O–H groups in total. The van der Waals surface area contributed by atoms with E-state index < -0.39 is 26.6 Å². The SMILES string of the molecule is C[C@H](c1ccccc1)N1CCC(Oc2ccc(S(=O)(=O)Nc3cscn3)c(F)c2F)CC1. The number of nitrogens with zero attached hydrogens (tertiary/aromatic N) is 2.